The van der Waals surface area contributed by atoms with E-state index in [2.05, 4.69) is 56.6 Å². The van der Waals surface area contributed by atoms with Crippen molar-refractivity contribution in [3.05, 3.63) is 99.7 Å². The van der Waals surface area contributed by atoms with E-state index >= 15 is 0 Å². The lowest BCUT2D eigenvalue weighted by molar-refractivity contribution is 0.110. The highest BCUT2D eigenvalue weighted by atomic mass is 16.5. The first-order valence-electron chi connectivity index (χ1n) is 12.3. The third-order valence-corrected chi connectivity index (χ3v) is 6.75. The first kappa shape index (κ1) is 23.1. The van der Waals surface area contributed by atoms with E-state index in [1.807, 2.05) is 30.3 Å². The molecule has 6 rings (SSSR count). The van der Waals surface area contributed by atoms with Gasteiger partial charge in [-0.1, -0.05) is 65.3 Å². The van der Waals surface area contributed by atoms with E-state index in [0.29, 0.717) is 42.0 Å². The van der Waals surface area contributed by atoms with Crippen LogP contribution in [0.1, 0.15) is 46.8 Å². The molecule has 1 saturated heterocycles. The van der Waals surface area contributed by atoms with E-state index in [-0.39, 0.29) is 24.1 Å². The Morgan fingerprint density at radius 3 is 2.70 bits per heavy atom. The summed E-state index contributed by atoms with van der Waals surface area (Å²) < 4.78 is 14.7. The van der Waals surface area contributed by atoms with Crippen molar-refractivity contribution >= 4 is 17.1 Å². The maximum Gasteiger partial charge on any atom is 0.280 e. The van der Waals surface area contributed by atoms with Crippen molar-refractivity contribution in [2.24, 2.45) is 7.05 Å². The number of aromatic nitrogens is 6. The normalized spacial score (nSPS) is 17.5. The number of nitrogens with zero attached hydrogens (tertiary/aromatic N) is 6. The first-order chi connectivity index (χ1) is 18.0. The van der Waals surface area contributed by atoms with E-state index in [1.165, 1.54) is 16.5 Å². The van der Waals surface area contributed by atoms with Crippen LogP contribution < -0.4 is 10.9 Å². The molecule has 0 unspecified atom stereocenters. The van der Waals surface area contributed by atoms with Crippen LogP contribution in [0.15, 0.2) is 70.2 Å². The number of ether oxygens (including phenoxy) is 1. The molecule has 4 heterocycles. The first-order valence-corrected chi connectivity index (χ1v) is 12.3. The number of hydrogen-bond donors (Lipinski definition) is 1. The smallest absolute Gasteiger partial charge is 0.280 e. The summed E-state index contributed by atoms with van der Waals surface area (Å²) in [6.07, 6.45) is 2.26. The second-order valence-corrected chi connectivity index (χ2v) is 9.40. The summed E-state index contributed by atoms with van der Waals surface area (Å²) in [4.78, 5) is 26.7. The highest BCUT2D eigenvalue weighted by molar-refractivity contribution is 5.73. The number of aryl methyl sites for hydroxylation is 2. The van der Waals surface area contributed by atoms with Gasteiger partial charge in [0.15, 0.2) is 17.0 Å². The van der Waals surface area contributed by atoms with E-state index in [0.717, 1.165) is 17.5 Å². The van der Waals surface area contributed by atoms with Crippen LogP contribution in [0.4, 0.5) is 5.95 Å². The fraction of sp³-hybridized carbons (Fsp3) is 0.296. The second-order valence-electron chi connectivity index (χ2n) is 9.40. The van der Waals surface area contributed by atoms with Crippen LogP contribution in [0.2, 0.25) is 0 Å². The SMILES string of the molecule is Cc1ccc([C@H]2C[C@H](c3noc(Cn4cnc5nc(NCc6ccccc6)n(C)c5c4=O)n3)CO2)cc1. The molecule has 0 saturated carbocycles. The van der Waals surface area contributed by atoms with Crippen molar-refractivity contribution in [3.8, 4) is 0 Å². The van der Waals surface area contributed by atoms with Crippen LogP contribution in [0.5, 0.6) is 0 Å². The quantitative estimate of drug-likeness (QED) is 0.362. The molecule has 3 aromatic heterocycles. The van der Waals surface area contributed by atoms with Crippen molar-refractivity contribution in [1.82, 2.24) is 29.2 Å². The standard InChI is InChI=1S/C27H27N7O3/c1-17-8-10-19(11-9-17)21-12-20(15-36-21)24-30-22(37-32-24)14-34-16-29-25-23(26(34)35)33(2)27(31-25)28-13-18-6-4-3-5-7-18/h3-11,16,20-21H,12-15H2,1-2H3,(H,28,31)/t20-,21+/m0/s1. The summed E-state index contributed by atoms with van der Waals surface area (Å²) in [5.74, 6) is 1.56. The van der Waals surface area contributed by atoms with Gasteiger partial charge in [-0.3, -0.25) is 9.36 Å². The van der Waals surface area contributed by atoms with Crippen molar-refractivity contribution in [2.45, 2.75) is 38.5 Å². The van der Waals surface area contributed by atoms with Gasteiger partial charge in [-0.05, 0) is 24.5 Å². The minimum absolute atomic E-state index is 0.0105. The number of fused-ring (bicyclic) bond motifs is 1. The molecule has 0 amide bonds. The molecule has 0 aliphatic carbocycles. The predicted molar refractivity (Wildman–Crippen MR) is 137 cm³/mol. The topological polar surface area (TPSA) is 113 Å². The molecule has 0 radical (unpaired) electrons. The largest absolute Gasteiger partial charge is 0.373 e. The Labute approximate surface area is 212 Å². The zero-order valence-electron chi connectivity index (χ0n) is 20.7. The van der Waals surface area contributed by atoms with Crippen molar-refractivity contribution < 1.29 is 9.26 Å². The van der Waals surface area contributed by atoms with Gasteiger partial charge in [0, 0.05) is 19.5 Å². The summed E-state index contributed by atoms with van der Waals surface area (Å²) in [5.41, 5.74) is 4.05. The van der Waals surface area contributed by atoms with Gasteiger partial charge in [0.2, 0.25) is 11.8 Å². The average Bonchev–Trinajstić information content (AvgIpc) is 3.65. The van der Waals surface area contributed by atoms with Gasteiger partial charge in [0.05, 0.1) is 12.7 Å². The Hall–Kier alpha value is -4.31. The number of hydrogen-bond acceptors (Lipinski definition) is 8. The highest BCUT2D eigenvalue weighted by Gasteiger charge is 2.31. The average molecular weight is 498 g/mol. The Morgan fingerprint density at radius 1 is 1.08 bits per heavy atom. The molecule has 0 bridgehead atoms. The molecule has 10 heteroatoms. The zero-order valence-corrected chi connectivity index (χ0v) is 20.7. The van der Waals surface area contributed by atoms with Gasteiger partial charge in [0.1, 0.15) is 12.9 Å². The third-order valence-electron chi connectivity index (χ3n) is 6.75. The van der Waals surface area contributed by atoms with Crippen LogP contribution >= 0.6 is 0 Å². The summed E-state index contributed by atoms with van der Waals surface area (Å²) in [7, 11) is 1.80. The van der Waals surface area contributed by atoms with Gasteiger partial charge in [0.25, 0.3) is 5.56 Å². The maximum atomic E-state index is 13.3. The molecule has 10 nitrogen and oxygen atoms in total. The van der Waals surface area contributed by atoms with Crippen LogP contribution in [-0.2, 0) is 24.9 Å². The Bertz CT molecular complexity index is 1590. The second kappa shape index (κ2) is 9.62. The van der Waals surface area contributed by atoms with Gasteiger partial charge in [-0.15, -0.1) is 0 Å². The molecule has 1 aliphatic heterocycles. The van der Waals surface area contributed by atoms with Crippen LogP contribution in [0.25, 0.3) is 11.2 Å². The molecule has 2 atom stereocenters. The van der Waals surface area contributed by atoms with Crippen LogP contribution in [0.3, 0.4) is 0 Å². The molecule has 1 fully saturated rings. The van der Waals surface area contributed by atoms with Crippen molar-refractivity contribution in [2.75, 3.05) is 11.9 Å². The lowest BCUT2D eigenvalue weighted by atomic mass is 9.99. The van der Waals surface area contributed by atoms with E-state index in [4.69, 9.17) is 9.26 Å². The third kappa shape index (κ3) is 4.63. The molecule has 2 aromatic carbocycles. The maximum absolute atomic E-state index is 13.3. The molecular formula is C27H27N7O3. The molecule has 5 aromatic rings. The summed E-state index contributed by atoms with van der Waals surface area (Å²) in [6, 6.07) is 18.4. The minimum atomic E-state index is -0.226. The molecule has 0 spiro atoms. The highest BCUT2D eigenvalue weighted by Crippen LogP contribution is 2.37. The van der Waals surface area contributed by atoms with Gasteiger partial charge < -0.3 is 19.1 Å². The van der Waals surface area contributed by atoms with E-state index in [1.54, 1.807) is 11.6 Å². The number of imidazole rings is 1. The van der Waals surface area contributed by atoms with E-state index in [9.17, 15) is 4.79 Å². The summed E-state index contributed by atoms with van der Waals surface area (Å²) in [6.45, 7) is 3.31. The molecule has 1 N–H and O–H groups in total. The number of anilines is 1. The number of benzene rings is 2. The molecule has 37 heavy (non-hydrogen) atoms. The lowest BCUT2D eigenvalue weighted by Crippen LogP contribution is -2.23. The van der Waals surface area contributed by atoms with Crippen LogP contribution in [0, 0.1) is 6.92 Å². The summed E-state index contributed by atoms with van der Waals surface area (Å²) >= 11 is 0. The fourth-order valence-corrected chi connectivity index (χ4v) is 4.64. The predicted octanol–water partition coefficient (Wildman–Crippen LogP) is 3.73. The fourth-order valence-electron chi connectivity index (χ4n) is 4.64. The Morgan fingerprint density at radius 2 is 1.89 bits per heavy atom. The number of nitrogens with one attached hydrogen (secondary N) is 1. The zero-order chi connectivity index (χ0) is 25.4. The Kier molecular flexibility index (Phi) is 6.01. The van der Waals surface area contributed by atoms with E-state index < -0.39 is 0 Å². The molecular weight excluding hydrogens is 470 g/mol. The van der Waals surface area contributed by atoms with Gasteiger partial charge >= 0.3 is 0 Å². The van der Waals surface area contributed by atoms with Crippen molar-refractivity contribution in [1.29, 1.82) is 0 Å². The van der Waals surface area contributed by atoms with Crippen LogP contribution in [-0.4, -0.2) is 35.8 Å². The minimum Gasteiger partial charge on any atom is -0.373 e. The molecule has 188 valence electrons. The lowest BCUT2D eigenvalue weighted by Gasteiger charge is -2.09. The van der Waals surface area contributed by atoms with Gasteiger partial charge in [-0.2, -0.15) is 9.97 Å². The number of rotatable bonds is 7. The van der Waals surface area contributed by atoms with Gasteiger partial charge in [-0.25, -0.2) is 4.98 Å². The summed E-state index contributed by atoms with van der Waals surface area (Å²) in [5, 5.41) is 7.45. The Balaban J connectivity index is 1.16. The van der Waals surface area contributed by atoms with Crippen molar-refractivity contribution in [3.63, 3.8) is 0 Å². The molecule has 1 aliphatic rings. The monoisotopic (exact) mass is 497 g/mol.